The Balaban J connectivity index is 2.14. The van der Waals surface area contributed by atoms with Crippen LogP contribution in [0.1, 0.15) is 35.2 Å². The van der Waals surface area contributed by atoms with E-state index in [2.05, 4.69) is 33.2 Å². The fourth-order valence-corrected chi connectivity index (χ4v) is 3.08. The van der Waals surface area contributed by atoms with Gasteiger partial charge in [0.2, 0.25) is 0 Å². The van der Waals surface area contributed by atoms with E-state index in [1.807, 2.05) is 0 Å². The molecule has 2 rings (SSSR count). The zero-order chi connectivity index (χ0) is 9.26. The van der Waals surface area contributed by atoms with Gasteiger partial charge in [0.05, 0.1) is 6.04 Å². The van der Waals surface area contributed by atoms with Gasteiger partial charge in [-0.3, -0.25) is 0 Å². The molecule has 0 spiro atoms. The Morgan fingerprint density at radius 2 is 2.38 bits per heavy atom. The summed E-state index contributed by atoms with van der Waals surface area (Å²) in [6, 6.07) is 0.503. The van der Waals surface area contributed by atoms with Crippen LogP contribution in [-0.2, 0) is 0 Å². The minimum Gasteiger partial charge on any atom is -0.308 e. The zero-order valence-corrected chi connectivity index (χ0v) is 10.0. The van der Waals surface area contributed by atoms with Gasteiger partial charge >= 0.3 is 0 Å². The monoisotopic (exact) mass is 260 g/mol. The molecule has 1 fully saturated rings. The van der Waals surface area contributed by atoms with Gasteiger partial charge < -0.3 is 5.32 Å². The van der Waals surface area contributed by atoms with Crippen molar-refractivity contribution in [2.24, 2.45) is 0 Å². The maximum absolute atomic E-state index is 4.51. The van der Waals surface area contributed by atoms with Crippen LogP contribution in [-0.4, -0.2) is 11.5 Å². The molecule has 72 valence electrons. The quantitative estimate of drug-likeness (QED) is 0.840. The molecule has 4 heteroatoms. The molecule has 0 radical (unpaired) electrons. The second-order valence-corrected chi connectivity index (χ2v) is 5.39. The van der Waals surface area contributed by atoms with Crippen LogP contribution in [0.4, 0.5) is 0 Å². The summed E-state index contributed by atoms with van der Waals surface area (Å²) in [5.74, 6) is 0. The SMILES string of the molecule is Cc1sc(C2CCCCN2)nc1Br. The molecule has 1 atom stereocenters. The predicted molar refractivity (Wildman–Crippen MR) is 59.1 cm³/mol. The van der Waals surface area contributed by atoms with E-state index >= 15 is 0 Å². The lowest BCUT2D eigenvalue weighted by molar-refractivity contribution is 0.411. The van der Waals surface area contributed by atoms with Gasteiger partial charge in [0, 0.05) is 4.88 Å². The molecule has 13 heavy (non-hydrogen) atoms. The van der Waals surface area contributed by atoms with E-state index in [1.54, 1.807) is 11.3 Å². The first-order valence-corrected chi connectivity index (χ1v) is 6.24. The highest BCUT2D eigenvalue weighted by atomic mass is 79.9. The first-order chi connectivity index (χ1) is 6.27. The third-order valence-electron chi connectivity index (χ3n) is 2.36. The summed E-state index contributed by atoms with van der Waals surface area (Å²) in [6.45, 7) is 3.25. The number of piperidine rings is 1. The van der Waals surface area contributed by atoms with Crippen molar-refractivity contribution >= 4 is 27.3 Å². The highest BCUT2D eigenvalue weighted by molar-refractivity contribution is 9.10. The van der Waals surface area contributed by atoms with Crippen molar-refractivity contribution in [2.75, 3.05) is 6.54 Å². The highest BCUT2D eigenvalue weighted by Crippen LogP contribution is 2.30. The smallest absolute Gasteiger partial charge is 0.120 e. The number of halogens is 1. The van der Waals surface area contributed by atoms with Gasteiger partial charge in [0.25, 0.3) is 0 Å². The first kappa shape index (κ1) is 9.62. The third kappa shape index (κ3) is 2.11. The summed E-state index contributed by atoms with van der Waals surface area (Å²) >= 11 is 5.25. The molecule has 1 aliphatic heterocycles. The van der Waals surface area contributed by atoms with E-state index < -0.39 is 0 Å². The molecule has 0 amide bonds. The van der Waals surface area contributed by atoms with Gasteiger partial charge in [0.1, 0.15) is 9.61 Å². The average molecular weight is 261 g/mol. The van der Waals surface area contributed by atoms with Gasteiger partial charge in [-0.2, -0.15) is 0 Å². The molecule has 1 N–H and O–H groups in total. The maximum Gasteiger partial charge on any atom is 0.120 e. The third-order valence-corrected chi connectivity index (χ3v) is 4.48. The van der Waals surface area contributed by atoms with Crippen molar-refractivity contribution in [2.45, 2.75) is 32.2 Å². The highest BCUT2D eigenvalue weighted by Gasteiger charge is 2.18. The number of thiazole rings is 1. The number of aryl methyl sites for hydroxylation is 1. The van der Waals surface area contributed by atoms with Crippen molar-refractivity contribution in [3.05, 3.63) is 14.5 Å². The fraction of sp³-hybridized carbons (Fsp3) is 0.667. The number of hydrogen-bond donors (Lipinski definition) is 1. The molecule has 1 saturated heterocycles. The zero-order valence-electron chi connectivity index (χ0n) is 7.64. The Morgan fingerprint density at radius 1 is 1.54 bits per heavy atom. The molecule has 1 aromatic rings. The summed E-state index contributed by atoms with van der Waals surface area (Å²) in [7, 11) is 0. The fourth-order valence-electron chi connectivity index (χ4n) is 1.61. The van der Waals surface area contributed by atoms with Crippen LogP contribution in [0.2, 0.25) is 0 Å². The minimum atomic E-state index is 0.503. The Morgan fingerprint density at radius 3 is 2.92 bits per heavy atom. The number of aromatic nitrogens is 1. The number of hydrogen-bond acceptors (Lipinski definition) is 3. The van der Waals surface area contributed by atoms with Crippen LogP contribution >= 0.6 is 27.3 Å². The molecular formula is C9H13BrN2S. The van der Waals surface area contributed by atoms with Crippen molar-refractivity contribution in [1.82, 2.24) is 10.3 Å². The topological polar surface area (TPSA) is 24.9 Å². The second-order valence-electron chi connectivity index (χ2n) is 3.40. The molecule has 1 aliphatic rings. The van der Waals surface area contributed by atoms with Crippen molar-refractivity contribution in [1.29, 1.82) is 0 Å². The number of nitrogens with zero attached hydrogens (tertiary/aromatic N) is 1. The van der Waals surface area contributed by atoms with E-state index in [0.717, 1.165) is 11.1 Å². The van der Waals surface area contributed by atoms with Gasteiger partial charge in [-0.1, -0.05) is 6.42 Å². The Bertz CT molecular complexity index is 272. The number of nitrogens with one attached hydrogen (secondary N) is 1. The summed E-state index contributed by atoms with van der Waals surface area (Å²) in [4.78, 5) is 5.79. The molecule has 2 nitrogen and oxygen atoms in total. The summed E-state index contributed by atoms with van der Waals surface area (Å²) in [6.07, 6.45) is 3.87. The number of rotatable bonds is 1. The van der Waals surface area contributed by atoms with E-state index in [4.69, 9.17) is 0 Å². The lowest BCUT2D eigenvalue weighted by Gasteiger charge is -2.20. The standard InChI is InChI=1S/C9H13BrN2S/c1-6-8(10)12-9(13-6)7-4-2-3-5-11-7/h7,11H,2-5H2,1H3. The van der Waals surface area contributed by atoms with Crippen LogP contribution in [0.25, 0.3) is 0 Å². The minimum absolute atomic E-state index is 0.503. The van der Waals surface area contributed by atoms with Crippen LogP contribution < -0.4 is 5.32 Å². The molecule has 2 heterocycles. The van der Waals surface area contributed by atoms with Crippen LogP contribution in [0.15, 0.2) is 4.60 Å². The lowest BCUT2D eigenvalue weighted by atomic mass is 10.1. The summed E-state index contributed by atoms with van der Waals surface area (Å²) in [5.41, 5.74) is 0. The van der Waals surface area contributed by atoms with Crippen LogP contribution in [0, 0.1) is 6.92 Å². The summed E-state index contributed by atoms with van der Waals surface area (Å²) in [5, 5.41) is 4.74. The van der Waals surface area contributed by atoms with Crippen LogP contribution in [0.3, 0.4) is 0 Å². The molecule has 0 aliphatic carbocycles. The van der Waals surface area contributed by atoms with Gasteiger partial charge in [-0.05, 0) is 42.2 Å². The Kier molecular flexibility index (Phi) is 3.01. The van der Waals surface area contributed by atoms with Crippen LogP contribution in [0.5, 0.6) is 0 Å². The molecule has 1 aromatic heterocycles. The molecular weight excluding hydrogens is 248 g/mol. The summed E-state index contributed by atoms with van der Waals surface area (Å²) < 4.78 is 1.01. The van der Waals surface area contributed by atoms with Crippen molar-refractivity contribution in [3.8, 4) is 0 Å². The maximum atomic E-state index is 4.51. The molecule has 0 saturated carbocycles. The van der Waals surface area contributed by atoms with Gasteiger partial charge in [0.15, 0.2) is 0 Å². The Labute approximate surface area is 90.9 Å². The molecule has 1 unspecified atom stereocenters. The normalized spacial score (nSPS) is 23.4. The van der Waals surface area contributed by atoms with Gasteiger partial charge in [-0.15, -0.1) is 11.3 Å². The Hall–Kier alpha value is 0.0700. The predicted octanol–water partition coefficient (Wildman–Crippen LogP) is 3.03. The first-order valence-electron chi connectivity index (χ1n) is 4.63. The lowest BCUT2D eigenvalue weighted by Crippen LogP contribution is -2.26. The molecule has 0 aromatic carbocycles. The average Bonchev–Trinajstić information content (AvgIpc) is 2.49. The second kappa shape index (κ2) is 4.07. The van der Waals surface area contributed by atoms with E-state index in [-0.39, 0.29) is 0 Å². The molecule has 0 bridgehead atoms. The van der Waals surface area contributed by atoms with E-state index in [0.29, 0.717) is 6.04 Å². The van der Waals surface area contributed by atoms with Crippen molar-refractivity contribution in [3.63, 3.8) is 0 Å². The van der Waals surface area contributed by atoms with E-state index in [9.17, 15) is 0 Å². The van der Waals surface area contributed by atoms with Crippen molar-refractivity contribution < 1.29 is 0 Å². The largest absolute Gasteiger partial charge is 0.308 e. The van der Waals surface area contributed by atoms with E-state index in [1.165, 1.54) is 29.1 Å². The van der Waals surface area contributed by atoms with Gasteiger partial charge in [-0.25, -0.2) is 4.98 Å².